The lowest BCUT2D eigenvalue weighted by Gasteiger charge is -2.39. The minimum Gasteiger partial charge on any atom is -0.444 e. The average molecular weight is 228 g/mol. The van der Waals surface area contributed by atoms with Crippen LogP contribution in [0.4, 0.5) is 4.79 Å². The van der Waals surface area contributed by atoms with Gasteiger partial charge in [0.1, 0.15) is 5.60 Å². The largest absolute Gasteiger partial charge is 0.444 e. The molecule has 1 aliphatic rings. The topological polar surface area (TPSA) is 32.8 Å². The summed E-state index contributed by atoms with van der Waals surface area (Å²) in [5.41, 5.74) is -0.401. The van der Waals surface area contributed by atoms with Crippen molar-refractivity contribution in [3.63, 3.8) is 0 Å². The molecule has 1 fully saturated rings. The SMILES string of the molecule is CCN1CCN(C(=O)OC(C)(C)C)CC1C. The average Bonchev–Trinajstić information content (AvgIpc) is 2.15. The molecule has 1 atom stereocenters. The van der Waals surface area contributed by atoms with Crippen molar-refractivity contribution < 1.29 is 9.53 Å². The summed E-state index contributed by atoms with van der Waals surface area (Å²) in [6.45, 7) is 13.5. The minimum atomic E-state index is -0.401. The highest BCUT2D eigenvalue weighted by atomic mass is 16.6. The molecule has 0 N–H and O–H groups in total. The standard InChI is InChI=1S/C12H24N2O2/c1-6-13-7-8-14(9-10(13)2)11(15)16-12(3,4)5/h10H,6-9H2,1-5H3. The third kappa shape index (κ3) is 3.67. The van der Waals surface area contributed by atoms with Crippen molar-refractivity contribution in [2.24, 2.45) is 0 Å². The molecule has 0 saturated carbocycles. The number of hydrogen-bond donors (Lipinski definition) is 0. The number of piperazine rings is 1. The Bertz CT molecular complexity index is 248. The highest BCUT2D eigenvalue weighted by Gasteiger charge is 2.28. The van der Waals surface area contributed by atoms with Gasteiger partial charge in [-0.2, -0.15) is 0 Å². The third-order valence-corrected chi connectivity index (χ3v) is 2.82. The van der Waals surface area contributed by atoms with Crippen LogP contribution in [-0.2, 0) is 4.74 Å². The quantitative estimate of drug-likeness (QED) is 0.687. The molecular weight excluding hydrogens is 204 g/mol. The molecule has 0 aromatic carbocycles. The first-order valence-corrected chi connectivity index (χ1v) is 6.05. The van der Waals surface area contributed by atoms with E-state index in [0.29, 0.717) is 6.04 Å². The Hall–Kier alpha value is -0.770. The molecular formula is C12H24N2O2. The molecule has 4 heteroatoms. The molecule has 0 spiro atoms. The number of likely N-dealkylation sites (N-methyl/N-ethyl adjacent to an activating group) is 1. The summed E-state index contributed by atoms with van der Waals surface area (Å²) in [7, 11) is 0. The molecule has 0 bridgehead atoms. The lowest BCUT2D eigenvalue weighted by Crippen LogP contribution is -2.54. The summed E-state index contributed by atoms with van der Waals surface area (Å²) >= 11 is 0. The monoisotopic (exact) mass is 228 g/mol. The van der Waals surface area contributed by atoms with E-state index in [1.807, 2.05) is 25.7 Å². The van der Waals surface area contributed by atoms with Crippen LogP contribution in [-0.4, -0.2) is 53.7 Å². The van der Waals surface area contributed by atoms with Crippen molar-refractivity contribution >= 4 is 6.09 Å². The zero-order chi connectivity index (χ0) is 12.3. The second-order valence-corrected chi connectivity index (χ2v) is 5.40. The van der Waals surface area contributed by atoms with Crippen LogP contribution in [0.3, 0.4) is 0 Å². The highest BCUT2D eigenvalue weighted by molar-refractivity contribution is 5.68. The summed E-state index contributed by atoms with van der Waals surface area (Å²) in [5, 5.41) is 0. The molecule has 1 amide bonds. The Morgan fingerprint density at radius 1 is 1.38 bits per heavy atom. The van der Waals surface area contributed by atoms with Crippen LogP contribution in [0.1, 0.15) is 34.6 Å². The van der Waals surface area contributed by atoms with Gasteiger partial charge in [0.15, 0.2) is 0 Å². The zero-order valence-corrected chi connectivity index (χ0v) is 11.1. The van der Waals surface area contributed by atoms with E-state index in [0.717, 1.165) is 26.2 Å². The van der Waals surface area contributed by atoms with E-state index in [9.17, 15) is 4.79 Å². The molecule has 94 valence electrons. The lowest BCUT2D eigenvalue weighted by molar-refractivity contribution is 0.00656. The molecule has 4 nitrogen and oxygen atoms in total. The van der Waals surface area contributed by atoms with Gasteiger partial charge in [0, 0.05) is 25.7 Å². The molecule has 1 saturated heterocycles. The molecule has 1 rings (SSSR count). The third-order valence-electron chi connectivity index (χ3n) is 2.82. The van der Waals surface area contributed by atoms with E-state index in [4.69, 9.17) is 4.74 Å². The van der Waals surface area contributed by atoms with Gasteiger partial charge in [0.2, 0.25) is 0 Å². The van der Waals surface area contributed by atoms with Crippen molar-refractivity contribution in [1.82, 2.24) is 9.80 Å². The van der Waals surface area contributed by atoms with E-state index < -0.39 is 5.60 Å². The van der Waals surface area contributed by atoms with Crippen molar-refractivity contribution in [2.45, 2.75) is 46.3 Å². The van der Waals surface area contributed by atoms with E-state index in [1.54, 1.807) is 0 Å². The first-order chi connectivity index (χ1) is 7.33. The summed E-state index contributed by atoms with van der Waals surface area (Å²) in [4.78, 5) is 16.0. The molecule has 1 unspecified atom stereocenters. The van der Waals surface area contributed by atoms with Gasteiger partial charge in [0.25, 0.3) is 0 Å². The van der Waals surface area contributed by atoms with Gasteiger partial charge < -0.3 is 9.64 Å². The number of hydrogen-bond acceptors (Lipinski definition) is 3. The molecule has 0 radical (unpaired) electrons. The van der Waals surface area contributed by atoms with Crippen molar-refractivity contribution in [3.05, 3.63) is 0 Å². The van der Waals surface area contributed by atoms with Crippen molar-refractivity contribution in [1.29, 1.82) is 0 Å². The molecule has 1 aliphatic heterocycles. The zero-order valence-electron chi connectivity index (χ0n) is 11.1. The second-order valence-electron chi connectivity index (χ2n) is 5.40. The Balaban J connectivity index is 2.48. The van der Waals surface area contributed by atoms with Crippen LogP contribution in [0, 0.1) is 0 Å². The first kappa shape index (κ1) is 13.3. The molecule has 0 aromatic rings. The minimum absolute atomic E-state index is 0.185. The molecule has 1 heterocycles. The fraction of sp³-hybridized carbons (Fsp3) is 0.917. The summed E-state index contributed by atoms with van der Waals surface area (Å²) in [6, 6.07) is 0.422. The predicted octanol–water partition coefficient (Wildman–Crippen LogP) is 1.95. The van der Waals surface area contributed by atoms with Gasteiger partial charge in [-0.25, -0.2) is 4.79 Å². The predicted molar refractivity (Wildman–Crippen MR) is 64.5 cm³/mol. The van der Waals surface area contributed by atoms with E-state index >= 15 is 0 Å². The van der Waals surface area contributed by atoms with Crippen LogP contribution >= 0.6 is 0 Å². The first-order valence-electron chi connectivity index (χ1n) is 6.05. The van der Waals surface area contributed by atoms with Gasteiger partial charge in [-0.1, -0.05) is 6.92 Å². The van der Waals surface area contributed by atoms with Gasteiger partial charge in [-0.3, -0.25) is 4.90 Å². The number of amides is 1. The van der Waals surface area contributed by atoms with Gasteiger partial charge in [-0.05, 0) is 34.2 Å². The van der Waals surface area contributed by atoms with Crippen molar-refractivity contribution in [3.8, 4) is 0 Å². The van der Waals surface area contributed by atoms with Gasteiger partial charge >= 0.3 is 6.09 Å². The maximum Gasteiger partial charge on any atom is 0.410 e. The Morgan fingerprint density at radius 2 is 2.00 bits per heavy atom. The number of rotatable bonds is 1. The smallest absolute Gasteiger partial charge is 0.410 e. The van der Waals surface area contributed by atoms with Crippen LogP contribution in [0.2, 0.25) is 0 Å². The van der Waals surface area contributed by atoms with Crippen LogP contribution in [0.5, 0.6) is 0 Å². The molecule has 0 aliphatic carbocycles. The van der Waals surface area contributed by atoms with Crippen LogP contribution in [0.15, 0.2) is 0 Å². The van der Waals surface area contributed by atoms with Crippen molar-refractivity contribution in [2.75, 3.05) is 26.2 Å². The van der Waals surface area contributed by atoms with Gasteiger partial charge in [-0.15, -0.1) is 0 Å². The molecule has 0 aromatic heterocycles. The number of carbonyl (C=O) groups excluding carboxylic acids is 1. The lowest BCUT2D eigenvalue weighted by atomic mass is 10.2. The maximum atomic E-state index is 11.8. The Morgan fingerprint density at radius 3 is 2.44 bits per heavy atom. The summed E-state index contributed by atoms with van der Waals surface area (Å²) in [5.74, 6) is 0. The van der Waals surface area contributed by atoms with E-state index in [-0.39, 0.29) is 6.09 Å². The fourth-order valence-corrected chi connectivity index (χ4v) is 1.96. The molecule has 16 heavy (non-hydrogen) atoms. The van der Waals surface area contributed by atoms with Crippen LogP contribution in [0.25, 0.3) is 0 Å². The Labute approximate surface area is 98.5 Å². The number of carbonyl (C=O) groups is 1. The number of ether oxygens (including phenoxy) is 1. The highest BCUT2D eigenvalue weighted by Crippen LogP contribution is 2.14. The normalized spacial score (nSPS) is 23.3. The van der Waals surface area contributed by atoms with E-state index in [1.165, 1.54) is 0 Å². The van der Waals surface area contributed by atoms with E-state index in [2.05, 4.69) is 18.7 Å². The fourth-order valence-electron chi connectivity index (χ4n) is 1.96. The van der Waals surface area contributed by atoms with Crippen LogP contribution < -0.4 is 0 Å². The second kappa shape index (κ2) is 5.04. The van der Waals surface area contributed by atoms with Gasteiger partial charge in [0.05, 0.1) is 0 Å². The maximum absolute atomic E-state index is 11.8. The number of nitrogens with zero attached hydrogens (tertiary/aromatic N) is 2. The Kier molecular flexibility index (Phi) is 4.19. The summed E-state index contributed by atoms with van der Waals surface area (Å²) < 4.78 is 5.36. The summed E-state index contributed by atoms with van der Waals surface area (Å²) in [6.07, 6.45) is -0.185.